The van der Waals surface area contributed by atoms with Gasteiger partial charge in [-0.05, 0) is 57.2 Å². The van der Waals surface area contributed by atoms with Crippen molar-refractivity contribution in [1.82, 2.24) is 0 Å². The van der Waals surface area contributed by atoms with Crippen LogP contribution in [0.25, 0.3) is 0 Å². The van der Waals surface area contributed by atoms with Crippen LogP contribution < -0.4 is 10.6 Å². The minimum absolute atomic E-state index is 0.0190. The number of Topliss-reactive ketones (excluding diaryl/α,β-unsaturated/α-hetero) is 1. The van der Waals surface area contributed by atoms with E-state index >= 15 is 0 Å². The third-order valence-corrected chi connectivity index (χ3v) is 6.02. The maximum absolute atomic E-state index is 12.6. The van der Waals surface area contributed by atoms with Crippen molar-refractivity contribution in [3.63, 3.8) is 0 Å². The molecule has 1 amide bonds. The van der Waals surface area contributed by atoms with E-state index < -0.39 is 6.04 Å². The molecule has 0 bridgehead atoms. The molecular weight excluding hydrogens is 358 g/mol. The number of benzene rings is 1. The molecule has 1 aliphatic carbocycles. The van der Waals surface area contributed by atoms with Gasteiger partial charge in [0.2, 0.25) is 5.91 Å². The number of fused-ring (bicyclic) bond motifs is 1. The summed E-state index contributed by atoms with van der Waals surface area (Å²) in [5.74, 6) is -0.217. The molecule has 6 heteroatoms. The number of ketones is 1. The van der Waals surface area contributed by atoms with E-state index in [-0.39, 0.29) is 11.7 Å². The molecule has 2 aromatic rings. The standard InChI is InChI=1S/C21H23N3O2S/c1-13(23-16-8-6-7-15(11-16)14(2)25)20(26)24-21-18(12-22)17-9-4-3-5-10-19(17)27-21/h6-8,11,13,23H,3-5,9-10H2,1-2H3,(H,24,26)/t13-/m0/s1. The number of amides is 1. The number of nitrogens with one attached hydrogen (secondary N) is 2. The number of hydrogen-bond acceptors (Lipinski definition) is 5. The van der Waals surface area contributed by atoms with Crippen molar-refractivity contribution in [1.29, 1.82) is 5.26 Å². The predicted molar refractivity (Wildman–Crippen MR) is 108 cm³/mol. The van der Waals surface area contributed by atoms with Gasteiger partial charge in [-0.15, -0.1) is 11.3 Å². The van der Waals surface area contributed by atoms with E-state index in [0.717, 1.165) is 31.2 Å². The van der Waals surface area contributed by atoms with Crippen LogP contribution in [0.3, 0.4) is 0 Å². The summed E-state index contributed by atoms with van der Waals surface area (Å²) in [6.07, 6.45) is 5.31. The van der Waals surface area contributed by atoms with Gasteiger partial charge in [0.05, 0.1) is 5.56 Å². The molecule has 0 fully saturated rings. The first-order chi connectivity index (χ1) is 13.0. The summed E-state index contributed by atoms with van der Waals surface area (Å²) in [4.78, 5) is 25.4. The zero-order chi connectivity index (χ0) is 19.4. The molecule has 5 nitrogen and oxygen atoms in total. The topological polar surface area (TPSA) is 82.0 Å². The van der Waals surface area contributed by atoms with E-state index in [9.17, 15) is 14.9 Å². The zero-order valence-electron chi connectivity index (χ0n) is 15.6. The number of nitriles is 1. The van der Waals surface area contributed by atoms with Crippen LogP contribution >= 0.6 is 11.3 Å². The molecule has 1 heterocycles. The molecule has 0 saturated carbocycles. The fourth-order valence-electron chi connectivity index (χ4n) is 3.31. The summed E-state index contributed by atoms with van der Waals surface area (Å²) in [5, 5.41) is 16.3. The second-order valence-electron chi connectivity index (χ2n) is 6.87. The summed E-state index contributed by atoms with van der Waals surface area (Å²) in [6.45, 7) is 3.28. The summed E-state index contributed by atoms with van der Waals surface area (Å²) in [7, 11) is 0. The number of hydrogen-bond donors (Lipinski definition) is 2. The lowest BCUT2D eigenvalue weighted by Gasteiger charge is -2.15. The van der Waals surface area contributed by atoms with Gasteiger partial charge >= 0.3 is 0 Å². The van der Waals surface area contributed by atoms with Crippen LogP contribution in [0, 0.1) is 11.3 Å². The first-order valence-electron chi connectivity index (χ1n) is 9.22. The highest BCUT2D eigenvalue weighted by Gasteiger charge is 2.22. The van der Waals surface area contributed by atoms with Crippen molar-refractivity contribution in [2.24, 2.45) is 0 Å². The van der Waals surface area contributed by atoms with Gasteiger partial charge in [0.25, 0.3) is 0 Å². The van der Waals surface area contributed by atoms with Gasteiger partial charge in [0.15, 0.2) is 5.78 Å². The summed E-state index contributed by atoms with van der Waals surface area (Å²) >= 11 is 1.53. The van der Waals surface area contributed by atoms with Gasteiger partial charge in [-0.25, -0.2) is 0 Å². The Bertz CT molecular complexity index is 911. The van der Waals surface area contributed by atoms with Gasteiger partial charge < -0.3 is 10.6 Å². The Kier molecular flexibility index (Phi) is 5.92. The van der Waals surface area contributed by atoms with Crippen LogP contribution in [-0.2, 0) is 17.6 Å². The van der Waals surface area contributed by atoms with Gasteiger partial charge in [-0.1, -0.05) is 18.6 Å². The van der Waals surface area contributed by atoms with Gasteiger partial charge in [0, 0.05) is 16.1 Å². The molecule has 0 radical (unpaired) electrons. The molecule has 0 spiro atoms. The lowest BCUT2D eigenvalue weighted by molar-refractivity contribution is -0.116. The molecule has 1 aliphatic rings. The Morgan fingerprint density at radius 1 is 1.22 bits per heavy atom. The second-order valence-corrected chi connectivity index (χ2v) is 7.98. The molecule has 1 aromatic carbocycles. The van der Waals surface area contributed by atoms with Crippen LogP contribution in [0.5, 0.6) is 0 Å². The zero-order valence-corrected chi connectivity index (χ0v) is 16.4. The van der Waals surface area contributed by atoms with Crippen molar-refractivity contribution in [2.45, 2.75) is 52.0 Å². The summed E-state index contributed by atoms with van der Waals surface area (Å²) < 4.78 is 0. The van der Waals surface area contributed by atoms with E-state index in [4.69, 9.17) is 0 Å². The normalized spacial score (nSPS) is 14.4. The van der Waals surface area contributed by atoms with Crippen LogP contribution in [-0.4, -0.2) is 17.7 Å². The first kappa shape index (κ1) is 19.1. The molecule has 1 aromatic heterocycles. The highest BCUT2D eigenvalue weighted by molar-refractivity contribution is 7.16. The highest BCUT2D eigenvalue weighted by atomic mass is 32.1. The van der Waals surface area contributed by atoms with E-state index in [0.29, 0.717) is 21.8 Å². The minimum Gasteiger partial charge on any atom is -0.374 e. The maximum atomic E-state index is 12.6. The Morgan fingerprint density at radius 2 is 2.00 bits per heavy atom. The van der Waals surface area contributed by atoms with Crippen molar-refractivity contribution in [2.75, 3.05) is 10.6 Å². The van der Waals surface area contributed by atoms with Crippen molar-refractivity contribution in [3.8, 4) is 6.07 Å². The number of aryl methyl sites for hydroxylation is 1. The van der Waals surface area contributed by atoms with Crippen LogP contribution in [0.4, 0.5) is 10.7 Å². The van der Waals surface area contributed by atoms with Crippen molar-refractivity contribution >= 4 is 33.7 Å². The fraction of sp³-hybridized carbons (Fsp3) is 0.381. The number of carbonyl (C=O) groups is 2. The Labute approximate surface area is 163 Å². The van der Waals surface area contributed by atoms with Gasteiger partial charge in [-0.2, -0.15) is 5.26 Å². The summed E-state index contributed by atoms with van der Waals surface area (Å²) in [6, 6.07) is 8.88. The van der Waals surface area contributed by atoms with Gasteiger partial charge in [0.1, 0.15) is 17.1 Å². The molecule has 2 N–H and O–H groups in total. The third kappa shape index (κ3) is 4.37. The molecule has 27 heavy (non-hydrogen) atoms. The molecule has 0 saturated heterocycles. The SMILES string of the molecule is CC(=O)c1cccc(N[C@@H](C)C(=O)Nc2sc3c(c2C#N)CCCCC3)c1. The Hall–Kier alpha value is -2.65. The molecule has 0 aliphatic heterocycles. The largest absolute Gasteiger partial charge is 0.374 e. The molecule has 1 atom stereocenters. The van der Waals surface area contributed by atoms with Crippen LogP contribution in [0.1, 0.15) is 59.5 Å². The number of nitrogens with zero attached hydrogens (tertiary/aromatic N) is 1. The molecule has 0 unspecified atom stereocenters. The lowest BCUT2D eigenvalue weighted by Crippen LogP contribution is -2.31. The van der Waals surface area contributed by atoms with E-state index in [1.54, 1.807) is 25.1 Å². The molecule has 3 rings (SSSR count). The lowest BCUT2D eigenvalue weighted by atomic mass is 10.1. The third-order valence-electron chi connectivity index (χ3n) is 4.82. The Morgan fingerprint density at radius 3 is 2.74 bits per heavy atom. The number of carbonyl (C=O) groups excluding carboxylic acids is 2. The average Bonchev–Trinajstić information content (AvgIpc) is 2.81. The first-order valence-corrected chi connectivity index (χ1v) is 10.0. The van der Waals surface area contributed by atoms with E-state index in [1.807, 2.05) is 6.07 Å². The summed E-state index contributed by atoms with van der Waals surface area (Å²) in [5.41, 5.74) is 3.05. The van der Waals surface area contributed by atoms with Crippen molar-refractivity contribution < 1.29 is 9.59 Å². The second kappa shape index (κ2) is 8.36. The van der Waals surface area contributed by atoms with Crippen molar-refractivity contribution in [3.05, 3.63) is 45.8 Å². The van der Waals surface area contributed by atoms with E-state index in [2.05, 4.69) is 16.7 Å². The number of anilines is 2. The number of rotatable bonds is 5. The Balaban J connectivity index is 1.73. The van der Waals surface area contributed by atoms with Crippen LogP contribution in [0.2, 0.25) is 0 Å². The molecular formula is C21H23N3O2S. The average molecular weight is 382 g/mol. The quantitative estimate of drug-likeness (QED) is 0.589. The monoisotopic (exact) mass is 381 g/mol. The van der Waals surface area contributed by atoms with Gasteiger partial charge in [-0.3, -0.25) is 9.59 Å². The van der Waals surface area contributed by atoms with Crippen LogP contribution in [0.15, 0.2) is 24.3 Å². The minimum atomic E-state index is -0.499. The highest BCUT2D eigenvalue weighted by Crippen LogP contribution is 2.37. The fourth-order valence-corrected chi connectivity index (χ4v) is 4.56. The predicted octanol–water partition coefficient (Wildman–Crippen LogP) is 4.53. The smallest absolute Gasteiger partial charge is 0.247 e. The van der Waals surface area contributed by atoms with E-state index in [1.165, 1.54) is 29.6 Å². The number of thiophene rings is 1. The molecule has 140 valence electrons. The maximum Gasteiger partial charge on any atom is 0.247 e.